The Morgan fingerprint density at radius 2 is 1.84 bits per heavy atom. The standard InChI is InChI=1S/C11H14N2O6/c1-19-13-9(16)5-12-8(15)4-6-2-3-7(14)11(18)10(6)17/h2-3,14,17-18H,4-5H2,1H3,(H,12,15)(H,13,16). The normalized spacial score (nSPS) is 9.95. The number of benzene rings is 1. The van der Waals surface area contributed by atoms with Gasteiger partial charge in [-0.15, -0.1) is 0 Å². The Hall–Kier alpha value is -2.48. The van der Waals surface area contributed by atoms with E-state index in [1.54, 1.807) is 0 Å². The number of hydroxylamine groups is 1. The van der Waals surface area contributed by atoms with E-state index in [0.717, 1.165) is 6.07 Å². The second-order valence-corrected chi connectivity index (χ2v) is 3.62. The molecule has 0 bridgehead atoms. The second kappa shape index (κ2) is 6.45. The van der Waals surface area contributed by atoms with E-state index in [9.17, 15) is 19.8 Å². The Labute approximate surface area is 108 Å². The van der Waals surface area contributed by atoms with Crippen LogP contribution in [0.15, 0.2) is 12.1 Å². The monoisotopic (exact) mass is 270 g/mol. The largest absolute Gasteiger partial charge is 0.504 e. The van der Waals surface area contributed by atoms with Gasteiger partial charge in [0, 0.05) is 5.56 Å². The van der Waals surface area contributed by atoms with E-state index in [1.807, 2.05) is 5.48 Å². The molecule has 19 heavy (non-hydrogen) atoms. The van der Waals surface area contributed by atoms with E-state index < -0.39 is 29.1 Å². The molecule has 0 heterocycles. The third-order valence-electron chi connectivity index (χ3n) is 2.23. The molecule has 0 fully saturated rings. The van der Waals surface area contributed by atoms with Crippen molar-refractivity contribution < 1.29 is 29.7 Å². The molecule has 0 aliphatic heterocycles. The van der Waals surface area contributed by atoms with Crippen molar-refractivity contribution in [3.8, 4) is 17.2 Å². The lowest BCUT2D eigenvalue weighted by atomic mass is 10.1. The minimum Gasteiger partial charge on any atom is -0.504 e. The topological polar surface area (TPSA) is 128 Å². The van der Waals surface area contributed by atoms with Crippen LogP contribution < -0.4 is 10.8 Å². The number of hydrogen-bond acceptors (Lipinski definition) is 6. The van der Waals surface area contributed by atoms with Crippen molar-refractivity contribution in [3.05, 3.63) is 17.7 Å². The number of carbonyl (C=O) groups is 2. The Kier molecular flexibility index (Phi) is 4.95. The van der Waals surface area contributed by atoms with Crippen LogP contribution in [0.4, 0.5) is 0 Å². The van der Waals surface area contributed by atoms with Gasteiger partial charge in [-0.1, -0.05) is 6.07 Å². The molecule has 0 spiro atoms. The fourth-order valence-electron chi connectivity index (χ4n) is 1.32. The first-order valence-corrected chi connectivity index (χ1v) is 5.27. The molecular weight excluding hydrogens is 256 g/mol. The lowest BCUT2D eigenvalue weighted by molar-refractivity contribution is -0.132. The maximum atomic E-state index is 11.5. The predicted molar refractivity (Wildman–Crippen MR) is 63.3 cm³/mol. The first-order valence-electron chi connectivity index (χ1n) is 5.27. The molecule has 0 aliphatic rings. The molecule has 5 N–H and O–H groups in total. The number of phenols is 3. The van der Waals surface area contributed by atoms with Crippen LogP contribution in [0.1, 0.15) is 5.56 Å². The summed E-state index contributed by atoms with van der Waals surface area (Å²) in [6.45, 7) is -0.280. The molecule has 104 valence electrons. The first kappa shape index (κ1) is 14.6. The van der Waals surface area contributed by atoms with Crippen molar-refractivity contribution >= 4 is 11.8 Å². The highest BCUT2D eigenvalue weighted by atomic mass is 16.6. The van der Waals surface area contributed by atoms with Crippen molar-refractivity contribution in [1.29, 1.82) is 0 Å². The van der Waals surface area contributed by atoms with E-state index in [4.69, 9.17) is 5.11 Å². The van der Waals surface area contributed by atoms with Crippen molar-refractivity contribution in [2.75, 3.05) is 13.7 Å². The summed E-state index contributed by atoms with van der Waals surface area (Å²) in [5, 5.41) is 30.2. The molecule has 8 heteroatoms. The molecular formula is C11H14N2O6. The Bertz CT molecular complexity index is 488. The van der Waals surface area contributed by atoms with Crippen molar-refractivity contribution in [2.24, 2.45) is 0 Å². The summed E-state index contributed by atoms with van der Waals surface area (Å²) in [4.78, 5) is 26.8. The average molecular weight is 270 g/mol. The van der Waals surface area contributed by atoms with Gasteiger partial charge in [-0.2, -0.15) is 0 Å². The molecule has 1 rings (SSSR count). The molecule has 0 radical (unpaired) electrons. The quantitative estimate of drug-likeness (QED) is 0.350. The van der Waals surface area contributed by atoms with Crippen molar-refractivity contribution in [1.82, 2.24) is 10.8 Å². The minimum absolute atomic E-state index is 0.125. The summed E-state index contributed by atoms with van der Waals surface area (Å²) < 4.78 is 0. The minimum atomic E-state index is -0.692. The van der Waals surface area contributed by atoms with Gasteiger partial charge in [-0.25, -0.2) is 5.48 Å². The fraction of sp³-hybridized carbons (Fsp3) is 0.273. The number of amides is 2. The highest BCUT2D eigenvalue weighted by molar-refractivity contribution is 5.85. The number of carbonyl (C=O) groups excluding carboxylic acids is 2. The van der Waals surface area contributed by atoms with E-state index in [-0.39, 0.29) is 18.5 Å². The van der Waals surface area contributed by atoms with E-state index in [0.29, 0.717) is 0 Å². The third-order valence-corrected chi connectivity index (χ3v) is 2.23. The maximum Gasteiger partial charge on any atom is 0.262 e. The molecule has 0 aliphatic carbocycles. The molecule has 0 saturated heterocycles. The Morgan fingerprint density at radius 1 is 1.16 bits per heavy atom. The van der Waals surface area contributed by atoms with Crippen LogP contribution in [0.2, 0.25) is 0 Å². The van der Waals surface area contributed by atoms with Crippen molar-refractivity contribution in [2.45, 2.75) is 6.42 Å². The Balaban J connectivity index is 2.58. The van der Waals surface area contributed by atoms with Crippen molar-refractivity contribution in [3.63, 3.8) is 0 Å². The predicted octanol–water partition coefficient (Wildman–Crippen LogP) is -0.860. The Morgan fingerprint density at radius 3 is 2.47 bits per heavy atom. The summed E-state index contributed by atoms with van der Waals surface area (Å²) in [5.41, 5.74) is 2.14. The highest BCUT2D eigenvalue weighted by Gasteiger charge is 2.14. The van der Waals surface area contributed by atoms with E-state index in [1.165, 1.54) is 13.2 Å². The molecule has 8 nitrogen and oxygen atoms in total. The fourth-order valence-corrected chi connectivity index (χ4v) is 1.32. The average Bonchev–Trinajstić information content (AvgIpc) is 2.37. The van der Waals surface area contributed by atoms with Crippen LogP contribution in [-0.2, 0) is 20.8 Å². The molecule has 0 aromatic heterocycles. The van der Waals surface area contributed by atoms with Gasteiger partial charge in [-0.3, -0.25) is 14.4 Å². The van der Waals surface area contributed by atoms with Crippen LogP contribution >= 0.6 is 0 Å². The summed E-state index contributed by atoms with van der Waals surface area (Å²) in [6, 6.07) is 2.44. The van der Waals surface area contributed by atoms with Gasteiger partial charge >= 0.3 is 0 Å². The van der Waals surface area contributed by atoms with Gasteiger partial charge in [0.15, 0.2) is 11.5 Å². The zero-order valence-corrected chi connectivity index (χ0v) is 10.1. The number of rotatable bonds is 5. The smallest absolute Gasteiger partial charge is 0.262 e. The molecule has 1 aromatic rings. The van der Waals surface area contributed by atoms with Gasteiger partial charge in [0.2, 0.25) is 11.7 Å². The van der Waals surface area contributed by atoms with E-state index in [2.05, 4.69) is 10.2 Å². The zero-order valence-electron chi connectivity index (χ0n) is 10.1. The maximum absolute atomic E-state index is 11.5. The number of hydrogen-bond donors (Lipinski definition) is 5. The number of phenolic OH excluding ortho intramolecular Hbond substituents is 3. The van der Waals surface area contributed by atoms with E-state index >= 15 is 0 Å². The number of aromatic hydroxyl groups is 3. The molecule has 2 amide bonds. The van der Waals surface area contributed by atoms with Gasteiger partial charge < -0.3 is 20.6 Å². The van der Waals surface area contributed by atoms with Crippen LogP contribution in [0.25, 0.3) is 0 Å². The SMILES string of the molecule is CONC(=O)CNC(=O)Cc1ccc(O)c(O)c1O. The number of nitrogens with one attached hydrogen (secondary N) is 2. The highest BCUT2D eigenvalue weighted by Crippen LogP contribution is 2.37. The lowest BCUT2D eigenvalue weighted by Gasteiger charge is -2.08. The van der Waals surface area contributed by atoms with Crippen LogP contribution in [0, 0.1) is 0 Å². The summed E-state index contributed by atoms with van der Waals surface area (Å²) in [7, 11) is 1.26. The molecule has 0 unspecified atom stereocenters. The summed E-state index contributed by atoms with van der Waals surface area (Å²) in [6.07, 6.45) is -0.250. The zero-order chi connectivity index (χ0) is 14.4. The van der Waals surface area contributed by atoms with Crippen LogP contribution in [0.5, 0.6) is 17.2 Å². The molecule has 0 atom stereocenters. The van der Waals surface area contributed by atoms with Gasteiger partial charge in [-0.05, 0) is 6.07 Å². The summed E-state index contributed by atoms with van der Waals surface area (Å²) >= 11 is 0. The molecule has 0 saturated carbocycles. The van der Waals surface area contributed by atoms with Crippen LogP contribution in [0.3, 0.4) is 0 Å². The van der Waals surface area contributed by atoms with Gasteiger partial charge in [0.25, 0.3) is 5.91 Å². The van der Waals surface area contributed by atoms with Gasteiger partial charge in [0.1, 0.15) is 0 Å². The first-order chi connectivity index (χ1) is 8.95. The third kappa shape index (κ3) is 4.03. The van der Waals surface area contributed by atoms with Crippen LogP contribution in [-0.4, -0.2) is 40.8 Å². The summed E-state index contributed by atoms with van der Waals surface area (Å²) in [5.74, 6) is -2.82. The lowest BCUT2D eigenvalue weighted by Crippen LogP contribution is -2.37. The second-order valence-electron chi connectivity index (χ2n) is 3.62. The van der Waals surface area contributed by atoms with Gasteiger partial charge in [0.05, 0.1) is 20.1 Å². The molecule has 1 aromatic carbocycles.